The first-order valence-corrected chi connectivity index (χ1v) is 9.75. The van der Waals surface area contributed by atoms with Crippen LogP contribution in [0.3, 0.4) is 0 Å². The molecule has 3 heterocycles. The fourth-order valence-corrected chi connectivity index (χ4v) is 4.08. The summed E-state index contributed by atoms with van der Waals surface area (Å²) in [6.45, 7) is 0. The molecule has 27 heavy (non-hydrogen) atoms. The molecular formula is C22H19ClN4. The van der Waals surface area contributed by atoms with Gasteiger partial charge in [0, 0.05) is 39.8 Å². The highest BCUT2D eigenvalue weighted by Gasteiger charge is 2.21. The number of aryl methyl sites for hydroxylation is 1. The summed E-state index contributed by atoms with van der Waals surface area (Å²) in [5, 5.41) is 5.44. The SMILES string of the molecule is Clc1ccc(-c2cnn3c4c(c(-c5cccnc5)nc23)CCCCC4)cc1. The normalized spacial score (nSPS) is 14.1. The van der Waals surface area contributed by atoms with Gasteiger partial charge in [-0.25, -0.2) is 9.50 Å². The van der Waals surface area contributed by atoms with Crippen LogP contribution in [0.4, 0.5) is 0 Å². The minimum Gasteiger partial charge on any atom is -0.264 e. The van der Waals surface area contributed by atoms with Crippen molar-refractivity contribution in [3.63, 3.8) is 0 Å². The standard InChI is InChI=1S/C22H19ClN4/c23-17-10-8-15(9-11-17)19-14-25-27-20-7-3-1-2-6-18(20)21(26-22(19)27)16-5-4-12-24-13-16/h4-5,8-14H,1-3,6-7H2. The predicted octanol–water partition coefficient (Wildman–Crippen LogP) is 5.38. The van der Waals surface area contributed by atoms with Gasteiger partial charge in [0.2, 0.25) is 0 Å². The third-order valence-corrected chi connectivity index (χ3v) is 5.53. The molecule has 0 unspecified atom stereocenters. The molecule has 0 fully saturated rings. The largest absolute Gasteiger partial charge is 0.264 e. The maximum absolute atomic E-state index is 6.07. The molecule has 5 heteroatoms. The summed E-state index contributed by atoms with van der Waals surface area (Å²) in [7, 11) is 0. The average Bonchev–Trinajstić information content (AvgIpc) is 2.97. The van der Waals surface area contributed by atoms with Crippen LogP contribution in [0.15, 0.2) is 55.0 Å². The molecule has 1 aromatic carbocycles. The van der Waals surface area contributed by atoms with E-state index in [2.05, 4.69) is 11.1 Å². The quantitative estimate of drug-likeness (QED) is 0.442. The van der Waals surface area contributed by atoms with Gasteiger partial charge in [-0.3, -0.25) is 4.98 Å². The molecule has 0 saturated heterocycles. The highest BCUT2D eigenvalue weighted by atomic mass is 35.5. The molecule has 0 amide bonds. The van der Waals surface area contributed by atoms with E-state index in [1.54, 1.807) is 6.20 Å². The van der Waals surface area contributed by atoms with Crippen LogP contribution in [0.25, 0.3) is 28.0 Å². The Morgan fingerprint density at radius 3 is 2.56 bits per heavy atom. The van der Waals surface area contributed by atoms with Gasteiger partial charge in [0.05, 0.1) is 11.9 Å². The van der Waals surface area contributed by atoms with E-state index in [0.29, 0.717) is 0 Å². The number of aromatic nitrogens is 4. The van der Waals surface area contributed by atoms with Crippen molar-refractivity contribution >= 4 is 17.2 Å². The topological polar surface area (TPSA) is 43.1 Å². The molecule has 0 radical (unpaired) electrons. The van der Waals surface area contributed by atoms with Crippen molar-refractivity contribution < 1.29 is 0 Å². The summed E-state index contributed by atoms with van der Waals surface area (Å²) in [5.41, 5.74) is 7.73. The summed E-state index contributed by atoms with van der Waals surface area (Å²) in [5.74, 6) is 0. The van der Waals surface area contributed by atoms with Gasteiger partial charge in [0.25, 0.3) is 0 Å². The molecule has 134 valence electrons. The Morgan fingerprint density at radius 1 is 0.889 bits per heavy atom. The van der Waals surface area contributed by atoms with E-state index < -0.39 is 0 Å². The van der Waals surface area contributed by atoms with Crippen LogP contribution in [-0.2, 0) is 12.8 Å². The highest BCUT2D eigenvalue weighted by Crippen LogP contribution is 2.33. The van der Waals surface area contributed by atoms with Gasteiger partial charge in [-0.15, -0.1) is 0 Å². The zero-order chi connectivity index (χ0) is 18.2. The molecule has 0 spiro atoms. The predicted molar refractivity (Wildman–Crippen MR) is 108 cm³/mol. The first-order valence-electron chi connectivity index (χ1n) is 9.37. The van der Waals surface area contributed by atoms with Crippen molar-refractivity contribution in [2.45, 2.75) is 32.1 Å². The molecule has 3 aromatic heterocycles. The third-order valence-electron chi connectivity index (χ3n) is 5.28. The van der Waals surface area contributed by atoms with Crippen LogP contribution < -0.4 is 0 Å². The third kappa shape index (κ3) is 2.90. The number of benzene rings is 1. The Bertz CT molecular complexity index is 1100. The molecule has 0 saturated carbocycles. The molecule has 0 aliphatic heterocycles. The lowest BCUT2D eigenvalue weighted by Gasteiger charge is -2.14. The number of rotatable bonds is 2. The van der Waals surface area contributed by atoms with E-state index in [1.165, 1.54) is 30.5 Å². The molecule has 0 bridgehead atoms. The molecule has 4 aromatic rings. The minimum absolute atomic E-state index is 0.730. The first kappa shape index (κ1) is 16.5. The summed E-state index contributed by atoms with van der Waals surface area (Å²) < 4.78 is 2.05. The Balaban J connectivity index is 1.79. The molecule has 1 aliphatic rings. The van der Waals surface area contributed by atoms with Crippen LogP contribution in [0.5, 0.6) is 0 Å². The van der Waals surface area contributed by atoms with E-state index in [0.717, 1.165) is 45.9 Å². The fraction of sp³-hybridized carbons (Fsp3) is 0.227. The molecule has 0 N–H and O–H groups in total. The van der Waals surface area contributed by atoms with Crippen LogP contribution >= 0.6 is 11.6 Å². The minimum atomic E-state index is 0.730. The molecular weight excluding hydrogens is 356 g/mol. The Kier molecular flexibility index (Phi) is 4.13. The molecule has 4 nitrogen and oxygen atoms in total. The van der Waals surface area contributed by atoms with Crippen LogP contribution in [0.1, 0.15) is 30.5 Å². The molecule has 0 atom stereocenters. The second kappa shape index (κ2) is 6.78. The van der Waals surface area contributed by atoms with E-state index >= 15 is 0 Å². The lowest BCUT2D eigenvalue weighted by atomic mass is 10.0. The van der Waals surface area contributed by atoms with Crippen LogP contribution in [0.2, 0.25) is 5.02 Å². The summed E-state index contributed by atoms with van der Waals surface area (Å²) in [6, 6.07) is 11.9. The number of halogens is 1. The van der Waals surface area contributed by atoms with Gasteiger partial charge in [0.15, 0.2) is 5.65 Å². The summed E-state index contributed by atoms with van der Waals surface area (Å²) in [6.07, 6.45) is 11.3. The molecule has 1 aliphatic carbocycles. The maximum atomic E-state index is 6.07. The van der Waals surface area contributed by atoms with Gasteiger partial charge in [-0.05, 0) is 55.5 Å². The summed E-state index contributed by atoms with van der Waals surface area (Å²) >= 11 is 6.07. The lowest BCUT2D eigenvalue weighted by Crippen LogP contribution is -2.07. The van der Waals surface area contributed by atoms with Gasteiger partial charge >= 0.3 is 0 Å². The van der Waals surface area contributed by atoms with E-state index in [9.17, 15) is 0 Å². The zero-order valence-electron chi connectivity index (χ0n) is 14.9. The number of hydrogen-bond donors (Lipinski definition) is 0. The van der Waals surface area contributed by atoms with Gasteiger partial charge in [-0.1, -0.05) is 30.2 Å². The highest BCUT2D eigenvalue weighted by molar-refractivity contribution is 6.30. The second-order valence-corrected chi connectivity index (χ2v) is 7.43. The van der Waals surface area contributed by atoms with Crippen molar-refractivity contribution in [2.24, 2.45) is 0 Å². The van der Waals surface area contributed by atoms with Crippen molar-refractivity contribution in [1.29, 1.82) is 0 Å². The fourth-order valence-electron chi connectivity index (χ4n) is 3.95. The van der Waals surface area contributed by atoms with Crippen molar-refractivity contribution in [3.8, 4) is 22.4 Å². The molecule has 5 rings (SSSR count). The average molecular weight is 375 g/mol. The first-order chi connectivity index (χ1) is 13.3. The van der Waals surface area contributed by atoms with Crippen molar-refractivity contribution in [1.82, 2.24) is 19.6 Å². The van der Waals surface area contributed by atoms with E-state index in [-0.39, 0.29) is 0 Å². The number of hydrogen-bond acceptors (Lipinski definition) is 3. The Labute approximate surface area is 162 Å². The number of pyridine rings is 1. The van der Waals surface area contributed by atoms with Gasteiger partial charge in [-0.2, -0.15) is 5.10 Å². The van der Waals surface area contributed by atoms with Gasteiger partial charge in [0.1, 0.15) is 0 Å². The maximum Gasteiger partial charge on any atom is 0.163 e. The van der Waals surface area contributed by atoms with Gasteiger partial charge < -0.3 is 0 Å². The van der Waals surface area contributed by atoms with Crippen molar-refractivity contribution in [3.05, 3.63) is 71.3 Å². The van der Waals surface area contributed by atoms with Crippen LogP contribution in [-0.4, -0.2) is 19.6 Å². The second-order valence-electron chi connectivity index (χ2n) is 6.99. The number of fused-ring (bicyclic) bond motifs is 3. The lowest BCUT2D eigenvalue weighted by molar-refractivity contribution is 0.702. The smallest absolute Gasteiger partial charge is 0.163 e. The summed E-state index contributed by atoms with van der Waals surface area (Å²) in [4.78, 5) is 9.40. The van der Waals surface area contributed by atoms with Crippen molar-refractivity contribution in [2.75, 3.05) is 0 Å². The monoisotopic (exact) mass is 374 g/mol. The number of nitrogens with zero attached hydrogens (tertiary/aromatic N) is 4. The Hall–Kier alpha value is -2.72. The zero-order valence-corrected chi connectivity index (χ0v) is 15.7. The van der Waals surface area contributed by atoms with E-state index in [1.807, 2.05) is 47.2 Å². The van der Waals surface area contributed by atoms with Crippen LogP contribution in [0, 0.1) is 0 Å². The van der Waals surface area contributed by atoms with E-state index in [4.69, 9.17) is 21.7 Å². The Morgan fingerprint density at radius 2 is 1.74 bits per heavy atom.